The van der Waals surface area contributed by atoms with E-state index in [1.54, 1.807) is 24.9 Å². The number of rotatable bonds is 5. The Morgan fingerprint density at radius 1 is 1.17 bits per heavy atom. The van der Waals surface area contributed by atoms with Crippen molar-refractivity contribution in [3.63, 3.8) is 0 Å². The second-order valence-electron chi connectivity index (χ2n) is 7.60. The van der Waals surface area contributed by atoms with Crippen molar-refractivity contribution in [3.8, 4) is 11.1 Å². The van der Waals surface area contributed by atoms with Crippen molar-refractivity contribution in [1.82, 2.24) is 4.98 Å². The molecule has 1 fully saturated rings. The summed E-state index contributed by atoms with van der Waals surface area (Å²) in [6.45, 7) is 3.94. The van der Waals surface area contributed by atoms with Gasteiger partial charge in [0.15, 0.2) is 0 Å². The Kier molecular flexibility index (Phi) is 5.20. The van der Waals surface area contributed by atoms with Crippen LogP contribution in [0.1, 0.15) is 25.3 Å². The van der Waals surface area contributed by atoms with Gasteiger partial charge in [0, 0.05) is 17.3 Å². The highest BCUT2D eigenvalue weighted by molar-refractivity contribution is 7.09. The molecule has 4 rings (SSSR count). The lowest BCUT2D eigenvalue weighted by atomic mass is 9.89. The van der Waals surface area contributed by atoms with Gasteiger partial charge in [0.2, 0.25) is 5.91 Å². The number of hydrogen-bond donors (Lipinski definition) is 0. The van der Waals surface area contributed by atoms with Gasteiger partial charge < -0.3 is 9.64 Å². The second-order valence-corrected chi connectivity index (χ2v) is 8.58. The van der Waals surface area contributed by atoms with Crippen molar-refractivity contribution >= 4 is 28.9 Å². The third-order valence-electron chi connectivity index (χ3n) is 5.19. The van der Waals surface area contributed by atoms with E-state index in [0.29, 0.717) is 6.54 Å². The maximum atomic E-state index is 13.6. The van der Waals surface area contributed by atoms with Crippen LogP contribution >= 0.6 is 11.3 Å². The van der Waals surface area contributed by atoms with Crippen LogP contribution in [0.5, 0.6) is 0 Å². The monoisotopic (exact) mass is 406 g/mol. The summed E-state index contributed by atoms with van der Waals surface area (Å²) in [4.78, 5) is 31.5. The third-order valence-corrected chi connectivity index (χ3v) is 5.96. The Bertz CT molecular complexity index is 1020. The van der Waals surface area contributed by atoms with E-state index in [2.05, 4.69) is 4.98 Å². The van der Waals surface area contributed by atoms with Crippen molar-refractivity contribution in [2.24, 2.45) is 5.92 Å². The summed E-state index contributed by atoms with van der Waals surface area (Å²) in [6, 6.07) is 17.9. The molecule has 1 aliphatic rings. The number of carbonyl (C=O) groups is 2. The van der Waals surface area contributed by atoms with E-state index in [-0.39, 0.29) is 18.3 Å². The van der Waals surface area contributed by atoms with Gasteiger partial charge in [0.05, 0.1) is 18.9 Å². The Hall–Kier alpha value is -2.99. The van der Waals surface area contributed by atoms with E-state index in [4.69, 9.17) is 4.74 Å². The van der Waals surface area contributed by atoms with E-state index >= 15 is 0 Å². The Morgan fingerprint density at radius 2 is 1.93 bits per heavy atom. The quantitative estimate of drug-likeness (QED) is 0.577. The molecule has 6 heteroatoms. The van der Waals surface area contributed by atoms with Crippen LogP contribution in [0.25, 0.3) is 11.1 Å². The highest BCUT2D eigenvalue weighted by Crippen LogP contribution is 2.36. The Morgan fingerprint density at radius 3 is 2.59 bits per heavy atom. The predicted molar refractivity (Wildman–Crippen MR) is 113 cm³/mol. The zero-order valence-corrected chi connectivity index (χ0v) is 17.2. The van der Waals surface area contributed by atoms with Crippen molar-refractivity contribution in [2.45, 2.75) is 32.4 Å². The van der Waals surface area contributed by atoms with Gasteiger partial charge in [0.25, 0.3) is 0 Å². The van der Waals surface area contributed by atoms with E-state index in [1.807, 2.05) is 60.0 Å². The molecule has 0 bridgehead atoms. The minimum absolute atomic E-state index is 0.0958. The average Bonchev–Trinajstić information content (AvgIpc) is 3.33. The fourth-order valence-corrected chi connectivity index (χ4v) is 4.24. The zero-order chi connectivity index (χ0) is 20.4. The van der Waals surface area contributed by atoms with Crippen LogP contribution < -0.4 is 4.90 Å². The molecule has 1 amide bonds. The van der Waals surface area contributed by atoms with Crippen LogP contribution in [0, 0.1) is 5.92 Å². The summed E-state index contributed by atoms with van der Waals surface area (Å²) in [5.41, 5.74) is 2.06. The molecule has 2 heterocycles. The smallest absolute Gasteiger partial charge is 0.307 e. The predicted octanol–water partition coefficient (Wildman–Crippen LogP) is 4.69. The molecule has 0 radical (unpaired) electrons. The van der Waals surface area contributed by atoms with Gasteiger partial charge in [0.1, 0.15) is 10.6 Å². The number of hydrogen-bond acceptors (Lipinski definition) is 5. The summed E-state index contributed by atoms with van der Waals surface area (Å²) >= 11 is 1.50. The summed E-state index contributed by atoms with van der Waals surface area (Å²) in [5.74, 6) is -0.989. The van der Waals surface area contributed by atoms with Gasteiger partial charge in [-0.15, -0.1) is 11.3 Å². The molecule has 0 saturated carbocycles. The molecule has 29 heavy (non-hydrogen) atoms. The van der Waals surface area contributed by atoms with E-state index in [1.165, 1.54) is 11.3 Å². The zero-order valence-electron chi connectivity index (χ0n) is 16.4. The number of aromatic nitrogens is 1. The van der Waals surface area contributed by atoms with Gasteiger partial charge in [-0.05, 0) is 37.1 Å². The molecule has 2 aromatic carbocycles. The Labute approximate surface area is 174 Å². The molecule has 3 aromatic rings. The van der Waals surface area contributed by atoms with Crippen LogP contribution in [-0.2, 0) is 20.9 Å². The standard InChI is InChI=1S/C23H22N2O3S/c1-23(2)19(14-21(26)28-23)22(27)25(15-20-24-11-12-29-20)18-10-6-9-17(13-18)16-7-4-3-5-8-16/h3-13,19H,14-15H2,1-2H3. The number of amides is 1. The van der Waals surface area contributed by atoms with E-state index in [9.17, 15) is 9.59 Å². The molecule has 1 atom stereocenters. The summed E-state index contributed by atoms with van der Waals surface area (Å²) < 4.78 is 5.40. The number of thiazole rings is 1. The van der Waals surface area contributed by atoms with Crippen LogP contribution in [0.15, 0.2) is 66.2 Å². The number of anilines is 1. The number of esters is 1. The van der Waals surface area contributed by atoms with Crippen LogP contribution in [0.4, 0.5) is 5.69 Å². The maximum absolute atomic E-state index is 13.6. The Balaban J connectivity index is 1.72. The second kappa shape index (κ2) is 7.79. The van der Waals surface area contributed by atoms with Crippen LogP contribution in [-0.4, -0.2) is 22.5 Å². The SMILES string of the molecule is CC1(C)OC(=O)CC1C(=O)N(Cc1nccs1)c1cccc(-c2ccccc2)c1. The molecule has 0 spiro atoms. The van der Waals surface area contributed by atoms with Gasteiger partial charge in [-0.3, -0.25) is 9.59 Å². The summed E-state index contributed by atoms with van der Waals surface area (Å²) in [7, 11) is 0. The fraction of sp³-hybridized carbons (Fsp3) is 0.261. The van der Waals surface area contributed by atoms with Gasteiger partial charge in [-0.1, -0.05) is 42.5 Å². The first-order valence-electron chi connectivity index (χ1n) is 9.51. The number of nitrogens with zero attached hydrogens (tertiary/aromatic N) is 2. The van der Waals surface area contributed by atoms with Gasteiger partial charge >= 0.3 is 5.97 Å². The topological polar surface area (TPSA) is 59.5 Å². The number of benzene rings is 2. The highest BCUT2D eigenvalue weighted by atomic mass is 32.1. The molecule has 1 aromatic heterocycles. The van der Waals surface area contributed by atoms with Gasteiger partial charge in [-0.25, -0.2) is 4.98 Å². The number of ether oxygens (including phenoxy) is 1. The van der Waals surface area contributed by atoms with Crippen molar-refractivity contribution in [3.05, 3.63) is 71.2 Å². The normalized spacial score (nSPS) is 17.7. The molecule has 1 saturated heterocycles. The van der Waals surface area contributed by atoms with Gasteiger partial charge in [-0.2, -0.15) is 0 Å². The molecule has 0 aliphatic carbocycles. The van der Waals surface area contributed by atoms with E-state index in [0.717, 1.165) is 21.8 Å². The number of cyclic esters (lactones) is 1. The maximum Gasteiger partial charge on any atom is 0.307 e. The molecule has 148 valence electrons. The van der Waals surface area contributed by atoms with E-state index < -0.39 is 11.5 Å². The first-order chi connectivity index (χ1) is 13.9. The lowest BCUT2D eigenvalue weighted by Gasteiger charge is -2.30. The molecule has 1 aliphatic heterocycles. The van der Waals surface area contributed by atoms with Crippen LogP contribution in [0.2, 0.25) is 0 Å². The highest BCUT2D eigenvalue weighted by Gasteiger charge is 2.47. The minimum Gasteiger partial charge on any atom is -0.459 e. The largest absolute Gasteiger partial charge is 0.459 e. The molecule has 5 nitrogen and oxygen atoms in total. The van der Waals surface area contributed by atoms with Crippen molar-refractivity contribution in [1.29, 1.82) is 0 Å². The molecular formula is C23H22N2O3S. The number of carbonyl (C=O) groups excluding carboxylic acids is 2. The lowest BCUT2D eigenvalue weighted by molar-refractivity contribution is -0.147. The third kappa shape index (κ3) is 4.07. The first kappa shape index (κ1) is 19.3. The summed E-state index contributed by atoms with van der Waals surface area (Å²) in [6.07, 6.45) is 1.83. The first-order valence-corrected chi connectivity index (χ1v) is 10.4. The lowest BCUT2D eigenvalue weighted by Crippen LogP contribution is -2.43. The molecule has 0 N–H and O–H groups in total. The molecule has 1 unspecified atom stereocenters. The summed E-state index contributed by atoms with van der Waals surface area (Å²) in [5, 5.41) is 2.73. The van der Waals surface area contributed by atoms with Crippen molar-refractivity contribution in [2.75, 3.05) is 4.90 Å². The fourth-order valence-electron chi connectivity index (χ4n) is 3.64. The minimum atomic E-state index is -0.827. The van der Waals surface area contributed by atoms with Crippen LogP contribution in [0.3, 0.4) is 0 Å². The average molecular weight is 407 g/mol. The molecular weight excluding hydrogens is 384 g/mol. The van der Waals surface area contributed by atoms with Crippen molar-refractivity contribution < 1.29 is 14.3 Å².